The summed E-state index contributed by atoms with van der Waals surface area (Å²) in [5, 5.41) is 2.98. The Morgan fingerprint density at radius 1 is 0.822 bits per heavy atom. The molecule has 9 heteroatoms. The van der Waals surface area contributed by atoms with Gasteiger partial charge in [0.15, 0.2) is 0 Å². The van der Waals surface area contributed by atoms with Crippen molar-refractivity contribution >= 4 is 27.5 Å². The minimum atomic E-state index is -4.20. The summed E-state index contributed by atoms with van der Waals surface area (Å²) < 4.78 is 34.7. The SMILES string of the molecule is COc1ccc(S(=O)(=O)N(CC(=O)N(Cc2ccccc2C)[C@@H](Cc2ccccc2)C(=O)NC(C)C)c2ccc(C)cc2)cc1. The summed E-state index contributed by atoms with van der Waals surface area (Å²) in [4.78, 5) is 29.9. The molecule has 0 heterocycles. The summed E-state index contributed by atoms with van der Waals surface area (Å²) in [6.45, 7) is 7.20. The molecular weight excluding hydrogens is 586 g/mol. The van der Waals surface area contributed by atoms with Gasteiger partial charge in [0, 0.05) is 19.0 Å². The van der Waals surface area contributed by atoms with E-state index in [2.05, 4.69) is 5.32 Å². The summed E-state index contributed by atoms with van der Waals surface area (Å²) in [6.07, 6.45) is 0.257. The molecule has 0 unspecified atom stereocenters. The van der Waals surface area contributed by atoms with Crippen LogP contribution in [-0.2, 0) is 32.6 Å². The van der Waals surface area contributed by atoms with Gasteiger partial charge in [-0.1, -0.05) is 72.3 Å². The minimum Gasteiger partial charge on any atom is -0.497 e. The second-order valence-electron chi connectivity index (χ2n) is 11.3. The quantitative estimate of drug-likeness (QED) is 0.206. The molecule has 8 nitrogen and oxygen atoms in total. The van der Waals surface area contributed by atoms with Gasteiger partial charge in [0.1, 0.15) is 18.3 Å². The number of rotatable bonds is 13. The monoisotopic (exact) mass is 627 g/mol. The van der Waals surface area contributed by atoms with Crippen molar-refractivity contribution in [2.24, 2.45) is 0 Å². The Morgan fingerprint density at radius 2 is 1.44 bits per heavy atom. The molecule has 0 spiro atoms. The van der Waals surface area contributed by atoms with Crippen molar-refractivity contribution in [3.63, 3.8) is 0 Å². The number of amides is 2. The van der Waals surface area contributed by atoms with Crippen molar-refractivity contribution in [2.75, 3.05) is 18.0 Å². The lowest BCUT2D eigenvalue weighted by Gasteiger charge is -2.34. The Hall–Kier alpha value is -4.63. The van der Waals surface area contributed by atoms with E-state index in [9.17, 15) is 18.0 Å². The first-order valence-electron chi connectivity index (χ1n) is 14.9. The fourth-order valence-corrected chi connectivity index (χ4v) is 6.43. The molecule has 0 saturated carbocycles. The van der Waals surface area contributed by atoms with Crippen LogP contribution in [0, 0.1) is 13.8 Å². The van der Waals surface area contributed by atoms with Crippen LogP contribution in [0.15, 0.2) is 108 Å². The van der Waals surface area contributed by atoms with Gasteiger partial charge >= 0.3 is 0 Å². The Balaban J connectivity index is 1.81. The van der Waals surface area contributed by atoms with E-state index in [0.717, 1.165) is 26.6 Å². The summed E-state index contributed by atoms with van der Waals surface area (Å²) in [5.41, 5.74) is 3.99. The highest BCUT2D eigenvalue weighted by atomic mass is 32.2. The van der Waals surface area contributed by atoms with Crippen LogP contribution in [0.2, 0.25) is 0 Å². The lowest BCUT2D eigenvalue weighted by atomic mass is 10.0. The first kappa shape index (κ1) is 33.3. The number of anilines is 1. The van der Waals surface area contributed by atoms with Gasteiger partial charge in [0.2, 0.25) is 11.8 Å². The van der Waals surface area contributed by atoms with Crippen LogP contribution >= 0.6 is 0 Å². The molecule has 0 fully saturated rings. The number of hydrogen-bond acceptors (Lipinski definition) is 5. The second-order valence-corrected chi connectivity index (χ2v) is 13.2. The molecule has 0 aromatic heterocycles. The molecule has 4 aromatic rings. The third kappa shape index (κ3) is 8.51. The zero-order valence-electron chi connectivity index (χ0n) is 26.4. The minimum absolute atomic E-state index is 0.0144. The summed E-state index contributed by atoms with van der Waals surface area (Å²) in [6, 6.07) is 29.1. The van der Waals surface area contributed by atoms with E-state index >= 15 is 0 Å². The van der Waals surface area contributed by atoms with Crippen LogP contribution in [0.1, 0.15) is 36.1 Å². The number of benzene rings is 4. The molecule has 4 aromatic carbocycles. The zero-order valence-corrected chi connectivity index (χ0v) is 27.3. The molecule has 0 aliphatic heterocycles. The summed E-state index contributed by atoms with van der Waals surface area (Å²) in [7, 11) is -2.69. The molecule has 1 atom stereocenters. The summed E-state index contributed by atoms with van der Waals surface area (Å²) in [5.74, 6) is -0.303. The van der Waals surface area contributed by atoms with Crippen LogP contribution < -0.4 is 14.4 Å². The maximum atomic E-state index is 14.5. The average Bonchev–Trinajstić information content (AvgIpc) is 3.03. The lowest BCUT2D eigenvalue weighted by Crippen LogP contribution is -2.54. The Kier molecular flexibility index (Phi) is 11.0. The van der Waals surface area contributed by atoms with E-state index in [1.165, 1.54) is 24.1 Å². The van der Waals surface area contributed by atoms with Crippen LogP contribution in [0.3, 0.4) is 0 Å². The molecule has 0 saturated heterocycles. The number of ether oxygens (including phenoxy) is 1. The Bertz CT molecular complexity index is 1690. The van der Waals surface area contributed by atoms with Crippen molar-refractivity contribution in [2.45, 2.75) is 57.6 Å². The second kappa shape index (κ2) is 14.9. The van der Waals surface area contributed by atoms with Crippen molar-refractivity contribution in [3.8, 4) is 5.75 Å². The van der Waals surface area contributed by atoms with E-state index in [1.807, 2.05) is 82.3 Å². The van der Waals surface area contributed by atoms with Gasteiger partial charge in [-0.25, -0.2) is 8.42 Å². The van der Waals surface area contributed by atoms with Gasteiger partial charge in [-0.3, -0.25) is 13.9 Å². The number of aryl methyl sites for hydroxylation is 2. The van der Waals surface area contributed by atoms with Crippen molar-refractivity contribution in [1.82, 2.24) is 10.2 Å². The molecule has 0 radical (unpaired) electrons. The standard InChI is InChI=1S/C36H41N3O5S/c1-26(2)37-36(41)34(23-29-12-7-6-8-13-29)38(24-30-14-10-9-11-28(30)4)35(40)25-39(31-17-15-27(3)16-18-31)45(42,43)33-21-19-32(44-5)20-22-33/h6-22,26,34H,23-25H2,1-5H3,(H,37,41)/t34-/m0/s1. The number of hydrogen-bond donors (Lipinski definition) is 1. The van der Waals surface area contributed by atoms with Crippen molar-refractivity contribution in [1.29, 1.82) is 0 Å². The first-order valence-corrected chi connectivity index (χ1v) is 16.4. The number of sulfonamides is 1. The van der Waals surface area contributed by atoms with E-state index in [0.29, 0.717) is 11.4 Å². The van der Waals surface area contributed by atoms with Crippen LogP contribution in [0.25, 0.3) is 0 Å². The summed E-state index contributed by atoms with van der Waals surface area (Å²) >= 11 is 0. The molecule has 1 N–H and O–H groups in total. The fourth-order valence-electron chi connectivity index (χ4n) is 5.02. The third-order valence-electron chi connectivity index (χ3n) is 7.55. The van der Waals surface area contributed by atoms with Crippen LogP contribution in [0.4, 0.5) is 5.69 Å². The molecule has 4 rings (SSSR count). The molecule has 0 bridgehead atoms. The lowest BCUT2D eigenvalue weighted by molar-refractivity contribution is -0.140. The topological polar surface area (TPSA) is 96.0 Å². The van der Waals surface area contributed by atoms with Gasteiger partial charge in [-0.2, -0.15) is 0 Å². The van der Waals surface area contributed by atoms with Gasteiger partial charge < -0.3 is 15.0 Å². The number of carbonyl (C=O) groups is 2. The molecule has 236 valence electrons. The predicted octanol–water partition coefficient (Wildman–Crippen LogP) is 5.67. The van der Waals surface area contributed by atoms with Gasteiger partial charge in [0.05, 0.1) is 17.7 Å². The number of methoxy groups -OCH3 is 1. The smallest absolute Gasteiger partial charge is 0.264 e. The van der Waals surface area contributed by atoms with Crippen LogP contribution in [-0.4, -0.2) is 50.9 Å². The van der Waals surface area contributed by atoms with Gasteiger partial charge in [-0.15, -0.1) is 0 Å². The fraction of sp³-hybridized carbons (Fsp3) is 0.278. The molecule has 0 aliphatic rings. The van der Waals surface area contributed by atoms with Gasteiger partial charge in [0.25, 0.3) is 10.0 Å². The number of nitrogens with zero attached hydrogens (tertiary/aromatic N) is 2. The largest absolute Gasteiger partial charge is 0.497 e. The first-order chi connectivity index (χ1) is 21.5. The predicted molar refractivity (Wildman–Crippen MR) is 178 cm³/mol. The molecular formula is C36H41N3O5S. The number of nitrogens with one attached hydrogen (secondary N) is 1. The van der Waals surface area contributed by atoms with E-state index < -0.39 is 28.5 Å². The molecule has 2 amide bonds. The van der Waals surface area contributed by atoms with E-state index in [1.54, 1.807) is 36.4 Å². The maximum absolute atomic E-state index is 14.5. The number of carbonyl (C=O) groups excluding carboxylic acids is 2. The Labute approximate surface area is 266 Å². The van der Waals surface area contributed by atoms with Crippen molar-refractivity contribution in [3.05, 3.63) is 125 Å². The van der Waals surface area contributed by atoms with Gasteiger partial charge in [-0.05, 0) is 80.8 Å². The maximum Gasteiger partial charge on any atom is 0.264 e. The third-order valence-corrected chi connectivity index (χ3v) is 9.34. The Morgan fingerprint density at radius 3 is 2.04 bits per heavy atom. The van der Waals surface area contributed by atoms with E-state index in [4.69, 9.17) is 4.74 Å². The van der Waals surface area contributed by atoms with E-state index in [-0.39, 0.29) is 29.8 Å². The highest BCUT2D eigenvalue weighted by Gasteiger charge is 2.35. The zero-order chi connectivity index (χ0) is 32.6. The molecule has 0 aliphatic carbocycles. The molecule has 45 heavy (non-hydrogen) atoms. The van der Waals surface area contributed by atoms with Crippen molar-refractivity contribution < 1.29 is 22.7 Å². The highest BCUT2D eigenvalue weighted by Crippen LogP contribution is 2.27. The highest BCUT2D eigenvalue weighted by molar-refractivity contribution is 7.92. The van der Waals surface area contributed by atoms with Crippen LogP contribution in [0.5, 0.6) is 5.75 Å². The normalized spacial score (nSPS) is 12.0. The average molecular weight is 628 g/mol.